The molecule has 0 saturated carbocycles. The van der Waals surface area contributed by atoms with Crippen molar-refractivity contribution in [3.63, 3.8) is 0 Å². The van der Waals surface area contributed by atoms with Crippen LogP contribution in [0.2, 0.25) is 0 Å². The van der Waals surface area contributed by atoms with Crippen molar-refractivity contribution in [3.05, 3.63) is 88.6 Å². The molecule has 6 nitrogen and oxygen atoms in total. The SMILES string of the molecule is Cn1ccc2cc(-n3c(-c4cc(C(F)Cc5cccc(F)c5)c(O)cc4O)n[nH]c3=S)ccc21. The Kier molecular flexibility index (Phi) is 5.41. The third kappa shape index (κ3) is 3.84. The van der Waals surface area contributed by atoms with Crippen LogP contribution < -0.4 is 0 Å². The van der Waals surface area contributed by atoms with Gasteiger partial charge >= 0.3 is 0 Å². The van der Waals surface area contributed by atoms with E-state index in [0.717, 1.165) is 17.0 Å². The molecule has 5 aromatic rings. The van der Waals surface area contributed by atoms with Crippen LogP contribution in [0.3, 0.4) is 0 Å². The number of fused-ring (bicyclic) bond motifs is 1. The predicted octanol–water partition coefficient (Wildman–Crippen LogP) is 5.89. The maximum Gasteiger partial charge on any atom is 0.200 e. The monoisotopic (exact) mass is 478 g/mol. The van der Waals surface area contributed by atoms with Gasteiger partial charge in [-0.1, -0.05) is 12.1 Å². The number of aryl methyl sites for hydroxylation is 1. The van der Waals surface area contributed by atoms with E-state index in [2.05, 4.69) is 10.2 Å². The van der Waals surface area contributed by atoms with Crippen LogP contribution in [0.25, 0.3) is 28.0 Å². The second-order valence-corrected chi connectivity index (χ2v) is 8.47. The molecule has 0 bridgehead atoms. The molecule has 34 heavy (non-hydrogen) atoms. The van der Waals surface area contributed by atoms with Crippen molar-refractivity contribution >= 4 is 23.1 Å². The van der Waals surface area contributed by atoms with Gasteiger partial charge in [-0.15, -0.1) is 0 Å². The van der Waals surface area contributed by atoms with Crippen molar-refractivity contribution in [1.29, 1.82) is 0 Å². The van der Waals surface area contributed by atoms with Gasteiger partial charge in [-0.2, -0.15) is 5.10 Å². The molecule has 0 aliphatic carbocycles. The Balaban J connectivity index is 1.59. The average molecular weight is 479 g/mol. The van der Waals surface area contributed by atoms with Gasteiger partial charge in [0.2, 0.25) is 0 Å². The van der Waals surface area contributed by atoms with Crippen molar-refractivity contribution in [3.8, 4) is 28.6 Å². The smallest absolute Gasteiger partial charge is 0.200 e. The van der Waals surface area contributed by atoms with Gasteiger partial charge in [-0.3, -0.25) is 9.67 Å². The van der Waals surface area contributed by atoms with Crippen molar-refractivity contribution in [2.24, 2.45) is 7.05 Å². The molecule has 1 unspecified atom stereocenters. The molecular formula is C25H20F2N4O2S. The number of halogens is 2. The van der Waals surface area contributed by atoms with Crippen molar-refractivity contribution in [2.75, 3.05) is 0 Å². The van der Waals surface area contributed by atoms with Crippen LogP contribution in [-0.2, 0) is 13.5 Å². The number of aromatic nitrogens is 4. The maximum absolute atomic E-state index is 15.2. The van der Waals surface area contributed by atoms with Crippen LogP contribution in [-0.4, -0.2) is 29.5 Å². The van der Waals surface area contributed by atoms with E-state index in [1.807, 2.05) is 42.1 Å². The Morgan fingerprint density at radius 2 is 1.88 bits per heavy atom. The Bertz CT molecular complexity index is 1590. The van der Waals surface area contributed by atoms with Crippen LogP contribution in [0.15, 0.2) is 66.9 Å². The molecule has 2 aromatic heterocycles. The van der Waals surface area contributed by atoms with Crippen LogP contribution in [0.4, 0.5) is 8.78 Å². The molecule has 5 rings (SSSR count). The highest BCUT2D eigenvalue weighted by atomic mass is 32.1. The third-order valence-corrected chi connectivity index (χ3v) is 6.10. The summed E-state index contributed by atoms with van der Waals surface area (Å²) in [6, 6.07) is 15.8. The maximum atomic E-state index is 15.2. The van der Waals surface area contributed by atoms with Gasteiger partial charge in [0.05, 0.1) is 11.3 Å². The number of alkyl halides is 1. The second-order valence-electron chi connectivity index (χ2n) is 8.09. The number of aromatic hydroxyl groups is 2. The molecule has 0 amide bonds. The van der Waals surface area contributed by atoms with E-state index in [9.17, 15) is 14.6 Å². The minimum atomic E-state index is -1.64. The van der Waals surface area contributed by atoms with Gasteiger partial charge in [0.15, 0.2) is 10.6 Å². The molecule has 1 atom stereocenters. The molecule has 9 heteroatoms. The lowest BCUT2D eigenvalue weighted by Gasteiger charge is -2.15. The van der Waals surface area contributed by atoms with E-state index in [4.69, 9.17) is 12.2 Å². The summed E-state index contributed by atoms with van der Waals surface area (Å²) in [5.41, 5.74) is 2.33. The summed E-state index contributed by atoms with van der Waals surface area (Å²) in [6.45, 7) is 0. The summed E-state index contributed by atoms with van der Waals surface area (Å²) in [5, 5.41) is 28.9. The standard InChI is InChI=1S/C25H20F2N4O2S/c1-30-8-7-15-11-17(5-6-21(15)30)31-24(28-29-25(31)34)19-12-18(22(32)13-23(19)33)20(27)10-14-3-2-4-16(26)9-14/h2-9,11-13,20,32-33H,10H2,1H3,(H,29,34). The van der Waals surface area contributed by atoms with Crippen molar-refractivity contribution < 1.29 is 19.0 Å². The summed E-state index contributed by atoms with van der Waals surface area (Å²) in [4.78, 5) is 0. The normalized spacial score (nSPS) is 12.3. The number of rotatable bonds is 5. The van der Waals surface area contributed by atoms with E-state index < -0.39 is 17.7 Å². The number of hydrogen-bond acceptors (Lipinski definition) is 4. The lowest BCUT2D eigenvalue weighted by atomic mass is 9.99. The van der Waals surface area contributed by atoms with Gasteiger partial charge < -0.3 is 14.8 Å². The number of hydrogen-bond donors (Lipinski definition) is 3. The van der Waals surface area contributed by atoms with Gasteiger partial charge in [-0.25, -0.2) is 8.78 Å². The predicted molar refractivity (Wildman–Crippen MR) is 128 cm³/mol. The molecule has 0 saturated heterocycles. The summed E-state index contributed by atoms with van der Waals surface area (Å²) >= 11 is 5.43. The molecule has 0 fully saturated rings. The van der Waals surface area contributed by atoms with Gasteiger partial charge in [0, 0.05) is 42.2 Å². The van der Waals surface area contributed by atoms with Crippen molar-refractivity contribution in [1.82, 2.24) is 19.3 Å². The molecule has 172 valence electrons. The number of aromatic amines is 1. The summed E-state index contributed by atoms with van der Waals surface area (Å²) in [5.74, 6) is -0.894. The summed E-state index contributed by atoms with van der Waals surface area (Å²) < 4.78 is 32.7. The minimum absolute atomic E-state index is 0.0453. The van der Waals surface area contributed by atoms with E-state index in [0.29, 0.717) is 11.3 Å². The Hall–Kier alpha value is -3.98. The van der Waals surface area contributed by atoms with Crippen LogP contribution in [0.1, 0.15) is 17.3 Å². The highest BCUT2D eigenvalue weighted by Gasteiger charge is 2.22. The fourth-order valence-electron chi connectivity index (χ4n) is 4.13. The molecule has 3 N–H and O–H groups in total. The fraction of sp³-hybridized carbons (Fsp3) is 0.120. The zero-order valence-electron chi connectivity index (χ0n) is 18.0. The quantitative estimate of drug-likeness (QED) is 0.275. The Morgan fingerprint density at radius 1 is 1.06 bits per heavy atom. The van der Waals surface area contributed by atoms with Crippen LogP contribution >= 0.6 is 12.2 Å². The number of nitrogens with zero attached hydrogens (tertiary/aromatic N) is 3. The van der Waals surface area contributed by atoms with Gasteiger partial charge in [0.1, 0.15) is 23.5 Å². The summed E-state index contributed by atoms with van der Waals surface area (Å²) in [7, 11) is 1.95. The fourth-order valence-corrected chi connectivity index (χ4v) is 4.37. The lowest BCUT2D eigenvalue weighted by molar-refractivity contribution is 0.327. The number of nitrogens with one attached hydrogen (secondary N) is 1. The largest absolute Gasteiger partial charge is 0.507 e. The highest BCUT2D eigenvalue weighted by Crippen LogP contribution is 2.39. The topological polar surface area (TPSA) is 79.0 Å². The van der Waals surface area contributed by atoms with Gasteiger partial charge in [-0.05, 0) is 60.2 Å². The number of phenols is 2. The number of phenolic OH excluding ortho intramolecular Hbond substituents is 2. The average Bonchev–Trinajstić information content (AvgIpc) is 3.36. The second kappa shape index (κ2) is 8.42. The Morgan fingerprint density at radius 3 is 2.68 bits per heavy atom. The first-order valence-electron chi connectivity index (χ1n) is 10.5. The first kappa shape index (κ1) is 21.8. The Labute approximate surface area is 198 Å². The number of H-pyrrole nitrogens is 1. The van der Waals surface area contributed by atoms with E-state index in [1.165, 1.54) is 24.3 Å². The molecule has 0 spiro atoms. The minimum Gasteiger partial charge on any atom is -0.507 e. The first-order valence-corrected chi connectivity index (χ1v) is 10.9. The van der Waals surface area contributed by atoms with E-state index in [1.54, 1.807) is 10.6 Å². The zero-order chi connectivity index (χ0) is 24.0. The lowest BCUT2D eigenvalue weighted by Crippen LogP contribution is -2.01. The zero-order valence-corrected chi connectivity index (χ0v) is 18.9. The number of benzene rings is 3. The molecule has 0 aliphatic heterocycles. The van der Waals surface area contributed by atoms with Crippen LogP contribution in [0.5, 0.6) is 11.5 Å². The molecule has 3 aromatic carbocycles. The van der Waals surface area contributed by atoms with Crippen molar-refractivity contribution in [2.45, 2.75) is 12.6 Å². The third-order valence-electron chi connectivity index (χ3n) is 5.83. The van der Waals surface area contributed by atoms with E-state index in [-0.39, 0.29) is 33.9 Å². The highest BCUT2D eigenvalue weighted by molar-refractivity contribution is 7.71. The molecule has 0 aliphatic rings. The van der Waals surface area contributed by atoms with Crippen LogP contribution in [0, 0.1) is 10.6 Å². The van der Waals surface area contributed by atoms with Gasteiger partial charge in [0.25, 0.3) is 0 Å². The molecule has 2 heterocycles. The summed E-state index contributed by atoms with van der Waals surface area (Å²) in [6.07, 6.45) is 0.159. The van der Waals surface area contributed by atoms with E-state index >= 15 is 4.39 Å². The molecular weight excluding hydrogens is 458 g/mol. The first-order chi connectivity index (χ1) is 16.3. The molecule has 0 radical (unpaired) electrons.